The summed E-state index contributed by atoms with van der Waals surface area (Å²) in [5.41, 5.74) is 1.79. The maximum Gasteiger partial charge on any atom is 0.127 e. The predicted octanol–water partition coefficient (Wildman–Crippen LogP) is 4.15. The van der Waals surface area contributed by atoms with Gasteiger partial charge in [0, 0.05) is 11.6 Å². The zero-order chi connectivity index (χ0) is 13.7. The molecule has 0 saturated carbocycles. The molecule has 0 aromatic heterocycles. The Bertz CT molecular complexity index is 540. The Balaban J connectivity index is 2.11. The summed E-state index contributed by atoms with van der Waals surface area (Å²) in [6, 6.07) is 11.7. The summed E-state index contributed by atoms with van der Waals surface area (Å²) in [6.07, 6.45) is 0. The van der Waals surface area contributed by atoms with Crippen molar-refractivity contribution >= 4 is 11.6 Å². The third-order valence-corrected chi connectivity index (χ3v) is 3.01. The second-order valence-electron chi connectivity index (χ2n) is 4.02. The Morgan fingerprint density at radius 2 is 1.84 bits per heavy atom. The second-order valence-corrected chi connectivity index (χ2v) is 4.29. The van der Waals surface area contributed by atoms with Crippen molar-refractivity contribution in [3.63, 3.8) is 0 Å². The van der Waals surface area contributed by atoms with Gasteiger partial charge in [0.2, 0.25) is 0 Å². The molecule has 0 aliphatic rings. The lowest BCUT2D eigenvalue weighted by Gasteiger charge is -2.11. The van der Waals surface area contributed by atoms with Crippen LogP contribution >= 0.6 is 11.6 Å². The molecule has 2 aromatic carbocycles. The van der Waals surface area contributed by atoms with E-state index in [-0.39, 0.29) is 5.82 Å². The predicted molar refractivity (Wildman–Crippen MR) is 73.3 cm³/mol. The second kappa shape index (κ2) is 6.43. The van der Waals surface area contributed by atoms with E-state index in [0.717, 1.165) is 11.1 Å². The maximum absolute atomic E-state index is 12.8. The molecule has 0 aliphatic heterocycles. The smallest absolute Gasteiger partial charge is 0.127 e. The Labute approximate surface area is 116 Å². The van der Waals surface area contributed by atoms with E-state index in [4.69, 9.17) is 21.1 Å². The van der Waals surface area contributed by atoms with Gasteiger partial charge in [-0.2, -0.15) is 0 Å². The van der Waals surface area contributed by atoms with E-state index in [9.17, 15) is 4.39 Å². The van der Waals surface area contributed by atoms with Gasteiger partial charge in [-0.25, -0.2) is 4.39 Å². The van der Waals surface area contributed by atoms with E-state index >= 15 is 0 Å². The van der Waals surface area contributed by atoms with E-state index in [1.54, 1.807) is 25.3 Å². The Morgan fingerprint density at radius 1 is 1.11 bits per heavy atom. The Kier molecular flexibility index (Phi) is 4.63. The minimum Gasteiger partial charge on any atom is -0.497 e. The minimum absolute atomic E-state index is 0.258. The summed E-state index contributed by atoms with van der Waals surface area (Å²) in [7, 11) is 1.60. The number of ether oxygens (including phenoxy) is 2. The average molecular weight is 281 g/mol. The van der Waals surface area contributed by atoms with Crippen LogP contribution in [0.4, 0.5) is 4.39 Å². The Hall–Kier alpha value is -1.74. The van der Waals surface area contributed by atoms with Crippen LogP contribution in [-0.2, 0) is 12.5 Å². The van der Waals surface area contributed by atoms with E-state index in [1.165, 1.54) is 12.1 Å². The zero-order valence-electron chi connectivity index (χ0n) is 10.5. The van der Waals surface area contributed by atoms with Crippen LogP contribution in [0.1, 0.15) is 11.1 Å². The third kappa shape index (κ3) is 3.61. The first-order valence-electron chi connectivity index (χ1n) is 5.83. The molecular formula is C15H14ClFO2. The minimum atomic E-state index is -0.258. The largest absolute Gasteiger partial charge is 0.497 e. The highest BCUT2D eigenvalue weighted by molar-refractivity contribution is 6.17. The normalized spacial score (nSPS) is 10.3. The summed E-state index contributed by atoms with van der Waals surface area (Å²) < 4.78 is 23.7. The van der Waals surface area contributed by atoms with Crippen LogP contribution < -0.4 is 9.47 Å². The zero-order valence-corrected chi connectivity index (χ0v) is 11.3. The monoisotopic (exact) mass is 280 g/mol. The molecule has 0 bridgehead atoms. The van der Waals surface area contributed by atoms with E-state index in [2.05, 4.69) is 0 Å². The molecule has 19 heavy (non-hydrogen) atoms. The molecule has 4 heteroatoms. The maximum atomic E-state index is 12.8. The van der Waals surface area contributed by atoms with Crippen LogP contribution in [0.25, 0.3) is 0 Å². The molecule has 0 radical (unpaired) electrons. The molecule has 0 saturated heterocycles. The van der Waals surface area contributed by atoms with Crippen molar-refractivity contribution < 1.29 is 13.9 Å². The van der Waals surface area contributed by atoms with Crippen LogP contribution in [0.5, 0.6) is 11.5 Å². The van der Waals surface area contributed by atoms with Crippen LogP contribution in [0.2, 0.25) is 0 Å². The molecule has 2 rings (SSSR count). The molecule has 0 spiro atoms. The van der Waals surface area contributed by atoms with Gasteiger partial charge in [0.1, 0.15) is 23.9 Å². The van der Waals surface area contributed by atoms with Gasteiger partial charge in [0.25, 0.3) is 0 Å². The van der Waals surface area contributed by atoms with Crippen molar-refractivity contribution in [2.75, 3.05) is 7.11 Å². The fourth-order valence-corrected chi connectivity index (χ4v) is 1.87. The van der Waals surface area contributed by atoms with Gasteiger partial charge in [-0.15, -0.1) is 11.6 Å². The summed E-state index contributed by atoms with van der Waals surface area (Å²) >= 11 is 5.86. The number of halogens is 2. The molecule has 100 valence electrons. The highest BCUT2D eigenvalue weighted by atomic mass is 35.5. The molecule has 0 fully saturated rings. The molecule has 2 aromatic rings. The van der Waals surface area contributed by atoms with Crippen molar-refractivity contribution in [1.82, 2.24) is 0 Å². The first kappa shape index (κ1) is 13.7. The van der Waals surface area contributed by atoms with E-state index in [0.29, 0.717) is 24.0 Å². The quantitative estimate of drug-likeness (QED) is 0.766. The van der Waals surface area contributed by atoms with Gasteiger partial charge in [0.05, 0.1) is 13.0 Å². The van der Waals surface area contributed by atoms with Gasteiger partial charge < -0.3 is 9.47 Å². The van der Waals surface area contributed by atoms with Crippen LogP contribution in [0, 0.1) is 5.82 Å². The molecular weight excluding hydrogens is 267 g/mol. The molecule has 0 amide bonds. The summed E-state index contributed by atoms with van der Waals surface area (Å²) in [5.74, 6) is 1.50. The van der Waals surface area contributed by atoms with Crippen molar-refractivity contribution in [3.05, 3.63) is 59.4 Å². The number of alkyl halides is 1. The number of hydrogen-bond donors (Lipinski definition) is 0. The molecule has 0 heterocycles. The average Bonchev–Trinajstić information content (AvgIpc) is 2.46. The number of rotatable bonds is 5. The van der Waals surface area contributed by atoms with Crippen LogP contribution in [-0.4, -0.2) is 7.11 Å². The number of hydrogen-bond acceptors (Lipinski definition) is 2. The fourth-order valence-electron chi connectivity index (χ4n) is 1.65. The van der Waals surface area contributed by atoms with E-state index < -0.39 is 0 Å². The third-order valence-electron chi connectivity index (χ3n) is 2.73. The van der Waals surface area contributed by atoms with Crippen LogP contribution in [0.15, 0.2) is 42.5 Å². The summed E-state index contributed by atoms with van der Waals surface area (Å²) in [6.45, 7) is 0.358. The summed E-state index contributed by atoms with van der Waals surface area (Å²) in [4.78, 5) is 0. The van der Waals surface area contributed by atoms with Gasteiger partial charge in [-0.1, -0.05) is 18.2 Å². The van der Waals surface area contributed by atoms with Gasteiger partial charge >= 0.3 is 0 Å². The number of benzene rings is 2. The van der Waals surface area contributed by atoms with Crippen molar-refractivity contribution in [2.24, 2.45) is 0 Å². The first-order chi connectivity index (χ1) is 9.22. The molecule has 0 aliphatic carbocycles. The number of methoxy groups -OCH3 is 1. The molecule has 0 unspecified atom stereocenters. The highest BCUT2D eigenvalue weighted by Gasteiger charge is 2.05. The van der Waals surface area contributed by atoms with Gasteiger partial charge in [-0.3, -0.25) is 0 Å². The fraction of sp³-hybridized carbons (Fsp3) is 0.200. The lowest BCUT2D eigenvalue weighted by atomic mass is 10.2. The standard InChI is InChI=1S/C15H14ClFO2/c1-18-14-7-4-12(9-16)15(8-14)19-10-11-2-5-13(17)6-3-11/h2-8H,9-10H2,1H3. The molecule has 2 nitrogen and oxygen atoms in total. The highest BCUT2D eigenvalue weighted by Crippen LogP contribution is 2.26. The lowest BCUT2D eigenvalue weighted by Crippen LogP contribution is -1.98. The van der Waals surface area contributed by atoms with Gasteiger partial charge in [0.15, 0.2) is 0 Å². The van der Waals surface area contributed by atoms with Crippen molar-refractivity contribution in [1.29, 1.82) is 0 Å². The summed E-state index contributed by atoms with van der Waals surface area (Å²) in [5, 5.41) is 0. The Morgan fingerprint density at radius 3 is 2.47 bits per heavy atom. The van der Waals surface area contributed by atoms with Crippen molar-refractivity contribution in [3.8, 4) is 11.5 Å². The lowest BCUT2D eigenvalue weighted by molar-refractivity contribution is 0.301. The van der Waals surface area contributed by atoms with Gasteiger partial charge in [-0.05, 0) is 23.8 Å². The molecule has 0 atom stereocenters. The van der Waals surface area contributed by atoms with Crippen molar-refractivity contribution in [2.45, 2.75) is 12.5 Å². The van der Waals surface area contributed by atoms with Crippen LogP contribution in [0.3, 0.4) is 0 Å². The van der Waals surface area contributed by atoms with E-state index in [1.807, 2.05) is 12.1 Å². The molecule has 0 N–H and O–H groups in total. The first-order valence-corrected chi connectivity index (χ1v) is 6.36. The topological polar surface area (TPSA) is 18.5 Å². The SMILES string of the molecule is COc1ccc(CCl)c(OCc2ccc(F)cc2)c1.